The van der Waals surface area contributed by atoms with Crippen molar-refractivity contribution in [3.63, 3.8) is 0 Å². The van der Waals surface area contributed by atoms with Crippen molar-refractivity contribution in [1.82, 2.24) is 9.55 Å². The molecule has 0 radical (unpaired) electrons. The lowest BCUT2D eigenvalue weighted by Gasteiger charge is -2.14. The summed E-state index contributed by atoms with van der Waals surface area (Å²) in [5.41, 5.74) is 4.82. The molecule has 0 saturated carbocycles. The van der Waals surface area contributed by atoms with E-state index in [9.17, 15) is 5.11 Å². The number of imidazole rings is 1. The SMILES string of the molecule is CC(=O)O.Cc1nc2n(c1C)-c1ccc(Cl)cc1C(c1ccccc1Cl)=NC2O. The summed E-state index contributed by atoms with van der Waals surface area (Å²) in [5, 5.41) is 19.3. The molecule has 4 rings (SSSR count). The van der Waals surface area contributed by atoms with E-state index in [-0.39, 0.29) is 0 Å². The van der Waals surface area contributed by atoms with Crippen molar-refractivity contribution >= 4 is 34.9 Å². The molecule has 1 atom stereocenters. The highest BCUT2D eigenvalue weighted by atomic mass is 35.5. The predicted octanol–water partition coefficient (Wildman–Crippen LogP) is 4.73. The third-order valence-corrected chi connectivity index (χ3v) is 5.00. The minimum Gasteiger partial charge on any atom is -0.481 e. The van der Waals surface area contributed by atoms with Crippen LogP contribution in [0.15, 0.2) is 47.5 Å². The number of aliphatic hydroxyl groups is 1. The van der Waals surface area contributed by atoms with Gasteiger partial charge in [-0.05, 0) is 38.1 Å². The number of fused-ring (bicyclic) bond motifs is 3. The number of rotatable bonds is 1. The van der Waals surface area contributed by atoms with Crippen molar-refractivity contribution < 1.29 is 15.0 Å². The van der Waals surface area contributed by atoms with Crippen LogP contribution in [0.3, 0.4) is 0 Å². The third-order valence-electron chi connectivity index (χ3n) is 4.44. The first-order valence-electron chi connectivity index (χ1n) is 8.77. The van der Waals surface area contributed by atoms with Crippen molar-refractivity contribution in [3.05, 3.63) is 80.8 Å². The van der Waals surface area contributed by atoms with E-state index in [4.69, 9.17) is 33.1 Å². The van der Waals surface area contributed by atoms with Gasteiger partial charge in [0.1, 0.15) is 0 Å². The lowest BCUT2D eigenvalue weighted by atomic mass is 10.00. The molecular formula is C21H19Cl2N3O3. The number of aromatic nitrogens is 2. The summed E-state index contributed by atoms with van der Waals surface area (Å²) in [5.74, 6) is -0.347. The highest BCUT2D eigenvalue weighted by Crippen LogP contribution is 2.34. The normalized spacial score (nSPS) is 14.7. The molecule has 1 aliphatic rings. The van der Waals surface area contributed by atoms with Gasteiger partial charge in [0, 0.05) is 33.8 Å². The number of hydrogen-bond donors (Lipinski definition) is 2. The Bertz CT molecular complexity index is 1120. The summed E-state index contributed by atoms with van der Waals surface area (Å²) in [6.45, 7) is 4.97. The molecule has 1 unspecified atom stereocenters. The summed E-state index contributed by atoms with van der Waals surface area (Å²) < 4.78 is 1.93. The van der Waals surface area contributed by atoms with E-state index in [0.717, 1.165) is 35.1 Å². The molecule has 150 valence electrons. The van der Waals surface area contributed by atoms with E-state index in [1.54, 1.807) is 6.07 Å². The van der Waals surface area contributed by atoms with Gasteiger partial charge in [-0.2, -0.15) is 0 Å². The number of carbonyl (C=O) groups is 1. The molecule has 0 saturated heterocycles. The zero-order valence-corrected chi connectivity index (χ0v) is 17.5. The topological polar surface area (TPSA) is 87.7 Å². The maximum Gasteiger partial charge on any atom is 0.300 e. The fraction of sp³-hybridized carbons (Fsp3) is 0.190. The van der Waals surface area contributed by atoms with Crippen LogP contribution in [0.4, 0.5) is 0 Å². The first kappa shape index (κ1) is 21.0. The number of hydrogen-bond acceptors (Lipinski definition) is 4. The molecule has 0 fully saturated rings. The van der Waals surface area contributed by atoms with Gasteiger partial charge < -0.3 is 10.2 Å². The minimum atomic E-state index is -1.09. The Morgan fingerprint density at radius 2 is 1.76 bits per heavy atom. The van der Waals surface area contributed by atoms with Crippen LogP contribution in [-0.2, 0) is 4.79 Å². The number of nitrogens with zero attached hydrogens (tertiary/aromatic N) is 3. The molecule has 0 aliphatic carbocycles. The van der Waals surface area contributed by atoms with Crippen molar-refractivity contribution in [2.75, 3.05) is 0 Å². The Kier molecular flexibility index (Phi) is 6.07. The molecule has 3 aromatic rings. The smallest absolute Gasteiger partial charge is 0.300 e. The van der Waals surface area contributed by atoms with Crippen LogP contribution in [-0.4, -0.2) is 31.4 Å². The van der Waals surface area contributed by atoms with Gasteiger partial charge >= 0.3 is 0 Å². The van der Waals surface area contributed by atoms with Crippen LogP contribution < -0.4 is 0 Å². The van der Waals surface area contributed by atoms with E-state index in [1.165, 1.54) is 0 Å². The maximum absolute atomic E-state index is 10.7. The Morgan fingerprint density at radius 1 is 1.10 bits per heavy atom. The molecule has 0 amide bonds. The molecule has 29 heavy (non-hydrogen) atoms. The molecule has 0 bridgehead atoms. The lowest BCUT2D eigenvalue weighted by Crippen LogP contribution is -2.08. The van der Waals surface area contributed by atoms with Crippen molar-refractivity contribution in [2.24, 2.45) is 4.99 Å². The van der Waals surface area contributed by atoms with Crippen LogP contribution in [0.25, 0.3) is 5.69 Å². The second kappa shape index (κ2) is 8.37. The van der Waals surface area contributed by atoms with Gasteiger partial charge in [-0.15, -0.1) is 0 Å². The standard InChI is InChI=1S/C19H15Cl2N3O.C2H4O2/c1-10-11(2)24-16-8-7-12(20)9-14(16)17(23-19(25)18(24)22-10)13-5-3-4-6-15(13)21;1-2(3)4/h3-9,19,25H,1-2H3;1H3,(H,3,4). The number of benzene rings is 2. The van der Waals surface area contributed by atoms with Crippen molar-refractivity contribution in [2.45, 2.75) is 27.0 Å². The number of halogens is 2. The number of aliphatic hydroxyl groups excluding tert-OH is 1. The Hall–Kier alpha value is -2.67. The summed E-state index contributed by atoms with van der Waals surface area (Å²) in [6.07, 6.45) is -1.09. The largest absolute Gasteiger partial charge is 0.481 e. The van der Waals surface area contributed by atoms with Gasteiger partial charge in [0.2, 0.25) is 6.23 Å². The van der Waals surface area contributed by atoms with Crippen LogP contribution >= 0.6 is 23.2 Å². The van der Waals surface area contributed by atoms with Crippen LogP contribution in [0.5, 0.6) is 0 Å². The zero-order chi connectivity index (χ0) is 21.3. The molecule has 2 aromatic carbocycles. The first-order valence-corrected chi connectivity index (χ1v) is 9.52. The maximum atomic E-state index is 10.7. The van der Waals surface area contributed by atoms with Gasteiger partial charge in [0.05, 0.1) is 17.1 Å². The second-order valence-electron chi connectivity index (χ2n) is 6.49. The third kappa shape index (κ3) is 4.19. The molecule has 2 heterocycles. The molecule has 1 aliphatic heterocycles. The van der Waals surface area contributed by atoms with Crippen LogP contribution in [0, 0.1) is 13.8 Å². The molecule has 6 nitrogen and oxygen atoms in total. The fourth-order valence-electron chi connectivity index (χ4n) is 3.12. The summed E-state index contributed by atoms with van der Waals surface area (Å²) in [7, 11) is 0. The summed E-state index contributed by atoms with van der Waals surface area (Å²) in [6, 6.07) is 13.0. The lowest BCUT2D eigenvalue weighted by molar-refractivity contribution is -0.134. The summed E-state index contributed by atoms with van der Waals surface area (Å²) in [4.78, 5) is 18.0. The van der Waals surface area contributed by atoms with Gasteiger partial charge in [-0.25, -0.2) is 9.98 Å². The predicted molar refractivity (Wildman–Crippen MR) is 113 cm³/mol. The average Bonchev–Trinajstić information content (AvgIpc) is 2.88. The van der Waals surface area contributed by atoms with E-state index < -0.39 is 12.2 Å². The highest BCUT2D eigenvalue weighted by molar-refractivity contribution is 6.36. The van der Waals surface area contributed by atoms with E-state index in [1.807, 2.05) is 54.8 Å². The fourth-order valence-corrected chi connectivity index (χ4v) is 3.52. The highest BCUT2D eigenvalue weighted by Gasteiger charge is 2.27. The van der Waals surface area contributed by atoms with Crippen molar-refractivity contribution in [1.29, 1.82) is 0 Å². The Labute approximate surface area is 178 Å². The zero-order valence-electron chi connectivity index (χ0n) is 16.0. The monoisotopic (exact) mass is 431 g/mol. The van der Waals surface area contributed by atoms with Gasteiger partial charge in [-0.3, -0.25) is 9.36 Å². The average molecular weight is 432 g/mol. The molecule has 1 aromatic heterocycles. The number of carboxylic acids is 1. The number of aliphatic imine (C=N–C) groups is 1. The molecule has 0 spiro atoms. The van der Waals surface area contributed by atoms with Crippen LogP contribution in [0.1, 0.15) is 41.5 Å². The van der Waals surface area contributed by atoms with Gasteiger partial charge in [0.25, 0.3) is 5.97 Å². The molecule has 8 heteroatoms. The van der Waals surface area contributed by atoms with Crippen LogP contribution in [0.2, 0.25) is 10.0 Å². The minimum absolute atomic E-state index is 0.487. The van der Waals surface area contributed by atoms with E-state index >= 15 is 0 Å². The number of carboxylic acid groups (broad SMARTS) is 1. The Morgan fingerprint density at radius 3 is 2.41 bits per heavy atom. The summed E-state index contributed by atoms with van der Waals surface area (Å²) >= 11 is 12.6. The first-order chi connectivity index (χ1) is 13.7. The van der Waals surface area contributed by atoms with E-state index in [0.29, 0.717) is 21.6 Å². The quantitative estimate of drug-likeness (QED) is 0.582. The van der Waals surface area contributed by atoms with Gasteiger partial charge in [0.15, 0.2) is 5.82 Å². The number of aliphatic carboxylic acids is 1. The van der Waals surface area contributed by atoms with Crippen molar-refractivity contribution in [3.8, 4) is 5.69 Å². The Balaban J connectivity index is 0.000000552. The molecule has 2 N–H and O–H groups in total. The second-order valence-corrected chi connectivity index (χ2v) is 7.33. The number of aryl methyl sites for hydroxylation is 1. The van der Waals surface area contributed by atoms with E-state index in [2.05, 4.69) is 9.98 Å². The van der Waals surface area contributed by atoms with Gasteiger partial charge in [-0.1, -0.05) is 41.4 Å². The molecular weight excluding hydrogens is 413 g/mol.